The van der Waals surface area contributed by atoms with Gasteiger partial charge in [-0.2, -0.15) is 4.31 Å². The van der Waals surface area contributed by atoms with Crippen molar-refractivity contribution in [3.63, 3.8) is 0 Å². The molecule has 0 saturated carbocycles. The number of carbonyl (C=O) groups excluding carboxylic acids is 1. The molecule has 0 atom stereocenters. The van der Waals surface area contributed by atoms with Crippen LogP contribution in [0.5, 0.6) is 5.75 Å². The molecular weight excluding hydrogens is 395 g/mol. The second kappa shape index (κ2) is 9.37. The van der Waals surface area contributed by atoms with Crippen LogP contribution in [0.3, 0.4) is 0 Å². The Hall–Kier alpha value is -2.45. The molecule has 8 heteroatoms. The lowest BCUT2D eigenvalue weighted by Crippen LogP contribution is -2.31. The highest BCUT2D eigenvalue weighted by Crippen LogP contribution is 2.22. The quantitative estimate of drug-likeness (QED) is 0.773. The van der Waals surface area contributed by atoms with Crippen LogP contribution in [0.15, 0.2) is 47.4 Å². The summed E-state index contributed by atoms with van der Waals surface area (Å²) in [7, 11) is -3.52. The molecule has 1 N–H and O–H groups in total. The van der Waals surface area contributed by atoms with Crippen molar-refractivity contribution in [2.45, 2.75) is 37.5 Å². The van der Waals surface area contributed by atoms with Crippen LogP contribution in [0.2, 0.25) is 0 Å². The molecule has 0 aliphatic carbocycles. The molecule has 156 valence electrons. The number of nitrogens with one attached hydrogen (secondary N) is 1. The van der Waals surface area contributed by atoms with Gasteiger partial charge in [0.2, 0.25) is 10.0 Å². The van der Waals surface area contributed by atoms with Gasteiger partial charge >= 0.3 is 0 Å². The fourth-order valence-electron chi connectivity index (χ4n) is 3.20. The highest BCUT2D eigenvalue weighted by Gasteiger charge is 2.25. The van der Waals surface area contributed by atoms with E-state index in [2.05, 4.69) is 5.32 Å². The zero-order chi connectivity index (χ0) is 20.9. The summed E-state index contributed by atoms with van der Waals surface area (Å²) < 4.78 is 45.8. The summed E-state index contributed by atoms with van der Waals surface area (Å²) in [5.41, 5.74) is 1.13. The molecule has 1 aliphatic rings. The van der Waals surface area contributed by atoms with Crippen LogP contribution in [0.1, 0.15) is 31.2 Å². The molecule has 2 aromatic rings. The van der Waals surface area contributed by atoms with Crippen LogP contribution in [-0.4, -0.2) is 38.3 Å². The Morgan fingerprint density at radius 3 is 2.38 bits per heavy atom. The maximum absolute atomic E-state index is 13.3. The van der Waals surface area contributed by atoms with Gasteiger partial charge in [0, 0.05) is 18.8 Å². The first-order valence-electron chi connectivity index (χ1n) is 9.65. The smallest absolute Gasteiger partial charge is 0.262 e. The standard InChI is InChI=1S/C21H25FN2O4S/c1-16-6-7-17(22)14-20(16)23-21(25)15-28-18-8-10-19(11-9-18)29(26,27)24-12-4-2-3-5-13-24/h6-11,14H,2-5,12-13,15H2,1H3,(H,23,25). The number of carbonyl (C=O) groups is 1. The summed E-state index contributed by atoms with van der Waals surface area (Å²) in [6, 6.07) is 10.2. The van der Waals surface area contributed by atoms with Gasteiger partial charge in [-0.25, -0.2) is 12.8 Å². The zero-order valence-electron chi connectivity index (χ0n) is 16.4. The van der Waals surface area contributed by atoms with Gasteiger partial charge in [-0.05, 0) is 61.7 Å². The maximum Gasteiger partial charge on any atom is 0.262 e. The van der Waals surface area contributed by atoms with E-state index in [1.807, 2.05) is 0 Å². The second-order valence-electron chi connectivity index (χ2n) is 7.09. The molecule has 6 nitrogen and oxygen atoms in total. The van der Waals surface area contributed by atoms with Crippen molar-refractivity contribution in [2.75, 3.05) is 25.0 Å². The molecule has 3 rings (SSSR count). The number of anilines is 1. The van der Waals surface area contributed by atoms with E-state index in [1.54, 1.807) is 13.0 Å². The van der Waals surface area contributed by atoms with Gasteiger partial charge in [0.15, 0.2) is 6.61 Å². The number of halogens is 1. The summed E-state index contributed by atoms with van der Waals surface area (Å²) in [6.07, 6.45) is 3.85. The van der Waals surface area contributed by atoms with Crippen molar-refractivity contribution in [1.29, 1.82) is 0 Å². The Labute approximate surface area is 170 Å². The van der Waals surface area contributed by atoms with Crippen molar-refractivity contribution < 1.29 is 22.3 Å². The fraction of sp³-hybridized carbons (Fsp3) is 0.381. The third-order valence-corrected chi connectivity index (χ3v) is 6.78. The first-order chi connectivity index (χ1) is 13.9. The molecule has 0 spiro atoms. The normalized spacial score (nSPS) is 15.5. The lowest BCUT2D eigenvalue weighted by molar-refractivity contribution is -0.118. The third-order valence-electron chi connectivity index (χ3n) is 4.87. The van der Waals surface area contributed by atoms with Gasteiger partial charge in [-0.3, -0.25) is 4.79 Å². The Bertz CT molecular complexity index is 953. The molecule has 0 aromatic heterocycles. The summed E-state index contributed by atoms with van der Waals surface area (Å²) >= 11 is 0. The minimum Gasteiger partial charge on any atom is -0.484 e. The van der Waals surface area contributed by atoms with Crippen molar-refractivity contribution in [2.24, 2.45) is 0 Å². The van der Waals surface area contributed by atoms with E-state index in [0.717, 1.165) is 31.2 Å². The van der Waals surface area contributed by atoms with Gasteiger partial charge in [-0.1, -0.05) is 18.9 Å². The van der Waals surface area contributed by atoms with E-state index in [4.69, 9.17) is 4.74 Å². The summed E-state index contributed by atoms with van der Waals surface area (Å²) in [6.45, 7) is 2.58. The van der Waals surface area contributed by atoms with Crippen molar-refractivity contribution in [1.82, 2.24) is 4.31 Å². The summed E-state index contributed by atoms with van der Waals surface area (Å²) in [5.74, 6) is -0.487. The SMILES string of the molecule is Cc1ccc(F)cc1NC(=O)COc1ccc(S(=O)(=O)N2CCCCCC2)cc1. The van der Waals surface area contributed by atoms with E-state index >= 15 is 0 Å². The number of aryl methyl sites for hydroxylation is 1. The highest BCUT2D eigenvalue weighted by molar-refractivity contribution is 7.89. The lowest BCUT2D eigenvalue weighted by Gasteiger charge is -2.20. The maximum atomic E-state index is 13.3. The monoisotopic (exact) mass is 420 g/mol. The van der Waals surface area contributed by atoms with E-state index < -0.39 is 21.7 Å². The molecule has 1 aliphatic heterocycles. The molecule has 29 heavy (non-hydrogen) atoms. The Kier molecular flexibility index (Phi) is 6.87. The van der Waals surface area contributed by atoms with Crippen molar-refractivity contribution in [3.05, 3.63) is 53.8 Å². The van der Waals surface area contributed by atoms with E-state index in [9.17, 15) is 17.6 Å². The van der Waals surface area contributed by atoms with Gasteiger partial charge in [0.25, 0.3) is 5.91 Å². The predicted molar refractivity (Wildman–Crippen MR) is 109 cm³/mol. The molecule has 1 saturated heterocycles. The summed E-state index contributed by atoms with van der Waals surface area (Å²) in [4.78, 5) is 12.3. The van der Waals surface area contributed by atoms with Crippen molar-refractivity contribution >= 4 is 21.6 Å². The van der Waals surface area contributed by atoms with Crippen LogP contribution in [0.4, 0.5) is 10.1 Å². The Balaban J connectivity index is 1.59. The summed E-state index contributed by atoms with van der Waals surface area (Å²) in [5, 5.41) is 2.60. The Morgan fingerprint density at radius 2 is 1.72 bits per heavy atom. The molecular formula is C21H25FN2O4S. The molecule has 1 heterocycles. The molecule has 1 amide bonds. The number of rotatable bonds is 6. The van der Waals surface area contributed by atoms with Crippen LogP contribution in [0, 0.1) is 12.7 Å². The molecule has 0 bridgehead atoms. The number of hydrogen-bond donors (Lipinski definition) is 1. The average molecular weight is 421 g/mol. The molecule has 0 radical (unpaired) electrons. The van der Waals surface area contributed by atoms with E-state index in [0.29, 0.717) is 24.5 Å². The van der Waals surface area contributed by atoms with Crippen LogP contribution in [0.25, 0.3) is 0 Å². The van der Waals surface area contributed by atoms with Crippen molar-refractivity contribution in [3.8, 4) is 5.75 Å². The minimum absolute atomic E-state index is 0.214. The largest absolute Gasteiger partial charge is 0.484 e. The van der Waals surface area contributed by atoms with Gasteiger partial charge < -0.3 is 10.1 Å². The van der Waals surface area contributed by atoms with E-state index in [1.165, 1.54) is 40.7 Å². The zero-order valence-corrected chi connectivity index (χ0v) is 17.2. The Morgan fingerprint density at radius 1 is 1.07 bits per heavy atom. The first kappa shape index (κ1) is 21.3. The minimum atomic E-state index is -3.52. The molecule has 1 fully saturated rings. The highest BCUT2D eigenvalue weighted by atomic mass is 32.2. The average Bonchev–Trinajstić information content (AvgIpc) is 3.00. The predicted octanol–water partition coefficient (Wildman–Crippen LogP) is 3.72. The van der Waals surface area contributed by atoms with Gasteiger partial charge in [0.05, 0.1) is 4.90 Å². The molecule has 2 aromatic carbocycles. The van der Waals surface area contributed by atoms with Crippen LogP contribution < -0.4 is 10.1 Å². The van der Waals surface area contributed by atoms with Crippen LogP contribution in [-0.2, 0) is 14.8 Å². The number of hydrogen-bond acceptors (Lipinski definition) is 4. The number of sulfonamides is 1. The van der Waals surface area contributed by atoms with E-state index in [-0.39, 0.29) is 11.5 Å². The third kappa shape index (κ3) is 5.55. The number of nitrogens with zero attached hydrogens (tertiary/aromatic N) is 1. The second-order valence-corrected chi connectivity index (χ2v) is 9.02. The number of ether oxygens (including phenoxy) is 1. The number of amides is 1. The molecule has 0 unspecified atom stereocenters. The topological polar surface area (TPSA) is 75.7 Å². The van der Waals surface area contributed by atoms with Gasteiger partial charge in [0.1, 0.15) is 11.6 Å². The van der Waals surface area contributed by atoms with Gasteiger partial charge in [-0.15, -0.1) is 0 Å². The fourth-order valence-corrected chi connectivity index (χ4v) is 4.72. The first-order valence-corrected chi connectivity index (χ1v) is 11.1. The van der Waals surface area contributed by atoms with Crippen LogP contribution >= 0.6 is 0 Å². The number of benzene rings is 2. The lowest BCUT2D eigenvalue weighted by atomic mass is 10.2.